The molecule has 0 radical (unpaired) electrons. The minimum absolute atomic E-state index is 0.127. The second-order valence-corrected chi connectivity index (χ2v) is 5.76. The maximum absolute atomic E-state index is 14.2. The lowest BCUT2D eigenvalue weighted by atomic mass is 10.1. The second-order valence-electron chi connectivity index (χ2n) is 5.76. The molecule has 1 aliphatic heterocycles. The number of rotatable bonds is 2. The van der Waals surface area contributed by atoms with E-state index in [1.807, 2.05) is 0 Å². The Balaban J connectivity index is 1.84. The molecule has 1 aromatic carbocycles. The van der Waals surface area contributed by atoms with Gasteiger partial charge in [-0.25, -0.2) is 4.39 Å². The van der Waals surface area contributed by atoms with E-state index in [-0.39, 0.29) is 17.4 Å². The molecule has 2 N–H and O–H groups in total. The molecule has 0 saturated carbocycles. The summed E-state index contributed by atoms with van der Waals surface area (Å²) in [5.41, 5.74) is 0.836. The van der Waals surface area contributed by atoms with Crippen LogP contribution >= 0.6 is 0 Å². The average Bonchev–Trinajstić information content (AvgIpc) is 3.06. The summed E-state index contributed by atoms with van der Waals surface area (Å²) in [6.45, 7) is 3.56. The third kappa shape index (κ3) is 2.59. The molecule has 1 atom stereocenters. The summed E-state index contributed by atoms with van der Waals surface area (Å²) < 4.78 is 24.9. The topological polar surface area (TPSA) is 93.0 Å². The number of fused-ring (bicyclic) bond motifs is 1. The highest BCUT2D eigenvalue weighted by Crippen LogP contribution is 2.28. The standard InChI is InChI=1S/C16H15FN4O3/c1-8-4-9-10(6-13(22)19-14(9)11(17)5-8)16-20-15(21-24-16)12-7-23-3-2-18-12/h4-6,12,18H,2-3,7H2,1H3,(H,19,22). The lowest BCUT2D eigenvalue weighted by Gasteiger charge is -2.20. The number of ether oxygens (including phenoxy) is 1. The van der Waals surface area contributed by atoms with Crippen LogP contribution in [0.5, 0.6) is 0 Å². The molecule has 0 aliphatic carbocycles. The van der Waals surface area contributed by atoms with Crippen molar-refractivity contribution >= 4 is 10.9 Å². The van der Waals surface area contributed by atoms with Crippen molar-refractivity contribution in [3.05, 3.63) is 45.8 Å². The van der Waals surface area contributed by atoms with Crippen LogP contribution in [0.2, 0.25) is 0 Å². The Morgan fingerprint density at radius 3 is 3.00 bits per heavy atom. The molecule has 7 nitrogen and oxygen atoms in total. The van der Waals surface area contributed by atoms with Gasteiger partial charge in [-0.3, -0.25) is 4.79 Å². The third-order valence-corrected chi connectivity index (χ3v) is 3.95. The lowest BCUT2D eigenvalue weighted by molar-refractivity contribution is 0.0734. The van der Waals surface area contributed by atoms with Crippen molar-refractivity contribution in [1.82, 2.24) is 20.4 Å². The molecule has 0 bridgehead atoms. The zero-order valence-electron chi connectivity index (χ0n) is 12.9. The summed E-state index contributed by atoms with van der Waals surface area (Å²) in [4.78, 5) is 18.8. The van der Waals surface area contributed by atoms with Gasteiger partial charge in [-0.15, -0.1) is 0 Å². The number of nitrogens with one attached hydrogen (secondary N) is 2. The van der Waals surface area contributed by atoms with Crippen LogP contribution in [0.15, 0.2) is 27.5 Å². The quantitative estimate of drug-likeness (QED) is 0.743. The van der Waals surface area contributed by atoms with Crippen LogP contribution in [0.4, 0.5) is 4.39 Å². The van der Waals surface area contributed by atoms with E-state index < -0.39 is 11.4 Å². The maximum Gasteiger partial charge on any atom is 0.258 e. The van der Waals surface area contributed by atoms with E-state index in [2.05, 4.69) is 20.4 Å². The first-order chi connectivity index (χ1) is 11.6. The Kier molecular flexibility index (Phi) is 3.62. The van der Waals surface area contributed by atoms with E-state index in [0.717, 1.165) is 5.56 Å². The summed E-state index contributed by atoms with van der Waals surface area (Å²) >= 11 is 0. The van der Waals surface area contributed by atoms with Crippen LogP contribution in [0, 0.1) is 12.7 Å². The molecule has 1 fully saturated rings. The first-order valence-corrected chi connectivity index (χ1v) is 7.60. The van der Waals surface area contributed by atoms with Gasteiger partial charge in [0.2, 0.25) is 5.56 Å². The predicted molar refractivity (Wildman–Crippen MR) is 84.1 cm³/mol. The molecule has 124 valence electrons. The summed E-state index contributed by atoms with van der Waals surface area (Å²) in [5.74, 6) is 0.135. The van der Waals surface area contributed by atoms with E-state index in [9.17, 15) is 9.18 Å². The Morgan fingerprint density at radius 2 is 2.21 bits per heavy atom. The maximum atomic E-state index is 14.2. The van der Waals surface area contributed by atoms with Crippen LogP contribution in [0.1, 0.15) is 17.4 Å². The van der Waals surface area contributed by atoms with E-state index in [4.69, 9.17) is 9.26 Å². The minimum atomic E-state index is -0.494. The molecule has 3 heterocycles. The molecular weight excluding hydrogens is 315 g/mol. The second kappa shape index (κ2) is 5.81. The zero-order chi connectivity index (χ0) is 16.7. The van der Waals surface area contributed by atoms with E-state index >= 15 is 0 Å². The third-order valence-electron chi connectivity index (χ3n) is 3.95. The van der Waals surface area contributed by atoms with Gasteiger partial charge < -0.3 is 19.6 Å². The highest BCUT2D eigenvalue weighted by atomic mass is 19.1. The predicted octanol–water partition coefficient (Wildman–Crippen LogP) is 1.69. The van der Waals surface area contributed by atoms with Crippen LogP contribution in [-0.2, 0) is 4.74 Å². The Morgan fingerprint density at radius 1 is 1.33 bits per heavy atom. The Bertz CT molecular complexity index is 960. The smallest absolute Gasteiger partial charge is 0.258 e. The summed E-state index contributed by atoms with van der Waals surface area (Å²) in [6, 6.07) is 4.31. The fraction of sp³-hybridized carbons (Fsp3) is 0.312. The molecule has 3 aromatic rings. The number of aryl methyl sites for hydroxylation is 1. The Hall–Kier alpha value is -2.58. The number of hydrogen-bond donors (Lipinski definition) is 2. The van der Waals surface area contributed by atoms with Gasteiger partial charge in [-0.1, -0.05) is 5.16 Å². The van der Waals surface area contributed by atoms with Crippen LogP contribution in [0.25, 0.3) is 22.4 Å². The van der Waals surface area contributed by atoms with Gasteiger partial charge in [-0.2, -0.15) is 4.98 Å². The van der Waals surface area contributed by atoms with Crippen LogP contribution < -0.4 is 10.9 Å². The van der Waals surface area contributed by atoms with Crippen molar-refractivity contribution < 1.29 is 13.7 Å². The number of hydrogen-bond acceptors (Lipinski definition) is 6. The Labute approximate surface area is 135 Å². The number of halogens is 1. The summed E-state index contributed by atoms with van der Waals surface area (Å²) in [7, 11) is 0. The molecule has 1 saturated heterocycles. The molecule has 0 spiro atoms. The van der Waals surface area contributed by atoms with Crippen molar-refractivity contribution in [3.63, 3.8) is 0 Å². The highest BCUT2D eigenvalue weighted by Gasteiger charge is 2.22. The first-order valence-electron chi connectivity index (χ1n) is 7.60. The van der Waals surface area contributed by atoms with Gasteiger partial charge in [-0.05, 0) is 24.6 Å². The van der Waals surface area contributed by atoms with E-state index in [0.29, 0.717) is 36.5 Å². The molecule has 4 rings (SSSR count). The van der Waals surface area contributed by atoms with Gasteiger partial charge in [0.25, 0.3) is 5.89 Å². The van der Waals surface area contributed by atoms with Gasteiger partial charge >= 0.3 is 0 Å². The number of nitrogens with zero attached hydrogens (tertiary/aromatic N) is 2. The zero-order valence-corrected chi connectivity index (χ0v) is 12.9. The van der Waals surface area contributed by atoms with Crippen molar-refractivity contribution in [2.45, 2.75) is 13.0 Å². The number of H-pyrrole nitrogens is 1. The number of pyridine rings is 1. The van der Waals surface area contributed by atoms with Gasteiger partial charge in [0.1, 0.15) is 5.82 Å². The van der Waals surface area contributed by atoms with E-state index in [1.165, 1.54) is 12.1 Å². The molecule has 1 aliphatic rings. The molecule has 2 aromatic heterocycles. The van der Waals surface area contributed by atoms with Crippen molar-refractivity contribution in [2.24, 2.45) is 0 Å². The fourth-order valence-electron chi connectivity index (χ4n) is 2.84. The molecule has 1 unspecified atom stereocenters. The van der Waals surface area contributed by atoms with Gasteiger partial charge in [0, 0.05) is 18.0 Å². The lowest BCUT2D eigenvalue weighted by Crippen LogP contribution is -2.35. The van der Waals surface area contributed by atoms with Gasteiger partial charge in [0.05, 0.1) is 30.3 Å². The molecule has 0 amide bonds. The van der Waals surface area contributed by atoms with Crippen molar-refractivity contribution in [3.8, 4) is 11.5 Å². The summed E-state index contributed by atoms with van der Waals surface area (Å²) in [6.07, 6.45) is 0. The fourth-order valence-corrected chi connectivity index (χ4v) is 2.84. The SMILES string of the molecule is Cc1cc(F)c2[nH]c(=O)cc(-c3nc(C4COCCN4)no3)c2c1. The molecule has 24 heavy (non-hydrogen) atoms. The van der Waals surface area contributed by atoms with Gasteiger partial charge in [0.15, 0.2) is 5.82 Å². The highest BCUT2D eigenvalue weighted by molar-refractivity contribution is 5.92. The number of aromatic nitrogens is 3. The molecular formula is C16H15FN4O3. The number of aromatic amines is 1. The largest absolute Gasteiger partial charge is 0.378 e. The number of morpholine rings is 1. The van der Waals surface area contributed by atoms with Crippen molar-refractivity contribution in [2.75, 3.05) is 19.8 Å². The normalized spacial score (nSPS) is 18.2. The minimum Gasteiger partial charge on any atom is -0.378 e. The summed E-state index contributed by atoms with van der Waals surface area (Å²) in [5, 5.41) is 7.72. The monoisotopic (exact) mass is 330 g/mol. The van der Waals surface area contributed by atoms with Crippen LogP contribution in [0.3, 0.4) is 0 Å². The average molecular weight is 330 g/mol. The molecule has 8 heteroatoms. The van der Waals surface area contributed by atoms with Crippen molar-refractivity contribution in [1.29, 1.82) is 0 Å². The number of benzene rings is 1. The van der Waals surface area contributed by atoms with E-state index in [1.54, 1.807) is 13.0 Å². The van der Waals surface area contributed by atoms with Crippen LogP contribution in [-0.4, -0.2) is 34.9 Å². The first kappa shape index (κ1) is 15.0.